The molecule has 0 saturated heterocycles. The summed E-state index contributed by atoms with van der Waals surface area (Å²) in [6, 6.07) is 8.18. The van der Waals surface area contributed by atoms with Crippen LogP contribution in [-0.4, -0.2) is 21.3 Å². The maximum Gasteiger partial charge on any atom is 0.119 e. The van der Waals surface area contributed by atoms with Crippen LogP contribution in [0.25, 0.3) is 0 Å². The molecule has 2 nitrogen and oxygen atoms in total. The molecule has 0 aliphatic carbocycles. The van der Waals surface area contributed by atoms with E-state index in [1.54, 1.807) is 21.3 Å². The van der Waals surface area contributed by atoms with Crippen LogP contribution in [-0.2, 0) is 4.74 Å². The fraction of sp³-hybridized carbons (Fsp3) is 0.500. The first-order valence-corrected chi connectivity index (χ1v) is 4.69. The first-order valence-electron chi connectivity index (χ1n) is 4.69. The normalized spacial score (nSPS) is 9.29. The Labute approximate surface area is 86.9 Å². The van der Waals surface area contributed by atoms with Crippen LogP contribution >= 0.6 is 0 Å². The Morgan fingerprint density at radius 1 is 1.07 bits per heavy atom. The second kappa shape index (κ2) is 7.39. The molecule has 1 rings (SSSR count). The molecular weight excluding hydrogens is 176 g/mol. The van der Waals surface area contributed by atoms with Crippen LogP contribution in [0.2, 0.25) is 0 Å². The van der Waals surface area contributed by atoms with Gasteiger partial charge in [-0.25, -0.2) is 0 Å². The van der Waals surface area contributed by atoms with Gasteiger partial charge in [-0.05, 0) is 23.6 Å². The molecule has 1 aromatic rings. The SMILES string of the molecule is COC.COc1cccc(C(C)C)c1. The zero-order valence-electron chi connectivity index (χ0n) is 9.70. The van der Waals surface area contributed by atoms with E-state index in [9.17, 15) is 0 Å². The summed E-state index contributed by atoms with van der Waals surface area (Å²) in [5.74, 6) is 1.52. The van der Waals surface area contributed by atoms with E-state index in [0.29, 0.717) is 5.92 Å². The highest BCUT2D eigenvalue weighted by Crippen LogP contribution is 2.19. The molecule has 0 bridgehead atoms. The van der Waals surface area contributed by atoms with Crippen molar-refractivity contribution in [2.24, 2.45) is 0 Å². The maximum atomic E-state index is 5.11. The third kappa shape index (κ3) is 4.87. The van der Waals surface area contributed by atoms with Gasteiger partial charge in [-0.3, -0.25) is 0 Å². The zero-order valence-corrected chi connectivity index (χ0v) is 9.70. The highest BCUT2D eigenvalue weighted by molar-refractivity contribution is 5.29. The zero-order chi connectivity index (χ0) is 11.0. The summed E-state index contributed by atoms with van der Waals surface area (Å²) in [6.07, 6.45) is 0. The molecule has 0 aromatic heterocycles. The summed E-state index contributed by atoms with van der Waals surface area (Å²) >= 11 is 0. The second-order valence-electron chi connectivity index (χ2n) is 3.34. The van der Waals surface area contributed by atoms with Crippen LogP contribution in [0.1, 0.15) is 25.3 Å². The van der Waals surface area contributed by atoms with Crippen molar-refractivity contribution in [3.63, 3.8) is 0 Å². The Morgan fingerprint density at radius 3 is 2.07 bits per heavy atom. The topological polar surface area (TPSA) is 18.5 Å². The van der Waals surface area contributed by atoms with Crippen LogP contribution in [0.4, 0.5) is 0 Å². The number of hydrogen-bond acceptors (Lipinski definition) is 2. The van der Waals surface area contributed by atoms with Gasteiger partial charge in [-0.2, -0.15) is 0 Å². The van der Waals surface area contributed by atoms with Gasteiger partial charge in [0.05, 0.1) is 7.11 Å². The lowest BCUT2D eigenvalue weighted by Crippen LogP contribution is -1.88. The fourth-order valence-electron chi connectivity index (χ4n) is 1.00. The molecule has 0 aliphatic rings. The van der Waals surface area contributed by atoms with Crippen molar-refractivity contribution < 1.29 is 9.47 Å². The predicted octanol–water partition coefficient (Wildman–Crippen LogP) is 3.08. The van der Waals surface area contributed by atoms with Gasteiger partial charge in [0, 0.05) is 14.2 Å². The molecule has 2 heteroatoms. The number of methoxy groups -OCH3 is 2. The summed E-state index contributed by atoms with van der Waals surface area (Å²) in [5.41, 5.74) is 1.32. The van der Waals surface area contributed by atoms with Crippen molar-refractivity contribution in [3.8, 4) is 5.75 Å². The average molecular weight is 196 g/mol. The van der Waals surface area contributed by atoms with Gasteiger partial charge in [-0.15, -0.1) is 0 Å². The summed E-state index contributed by atoms with van der Waals surface area (Å²) in [7, 11) is 4.94. The molecule has 0 radical (unpaired) electrons. The van der Waals surface area contributed by atoms with E-state index in [1.165, 1.54) is 5.56 Å². The lowest BCUT2D eigenvalue weighted by Gasteiger charge is -2.06. The van der Waals surface area contributed by atoms with Gasteiger partial charge in [0.1, 0.15) is 5.75 Å². The van der Waals surface area contributed by atoms with Gasteiger partial charge >= 0.3 is 0 Å². The van der Waals surface area contributed by atoms with Crippen LogP contribution in [0, 0.1) is 0 Å². The van der Waals surface area contributed by atoms with Gasteiger partial charge in [0.15, 0.2) is 0 Å². The molecule has 0 aliphatic heterocycles. The van der Waals surface area contributed by atoms with Crippen molar-refractivity contribution in [3.05, 3.63) is 29.8 Å². The number of benzene rings is 1. The molecule has 0 N–H and O–H groups in total. The molecule has 14 heavy (non-hydrogen) atoms. The van der Waals surface area contributed by atoms with Crippen LogP contribution in [0.3, 0.4) is 0 Å². The third-order valence-corrected chi connectivity index (χ3v) is 1.76. The third-order valence-electron chi connectivity index (χ3n) is 1.76. The molecule has 0 amide bonds. The Bertz CT molecular complexity index is 244. The van der Waals surface area contributed by atoms with Crippen molar-refractivity contribution in [2.45, 2.75) is 19.8 Å². The monoisotopic (exact) mass is 196 g/mol. The summed E-state index contributed by atoms with van der Waals surface area (Å²) in [4.78, 5) is 0. The predicted molar refractivity (Wildman–Crippen MR) is 60.0 cm³/mol. The highest BCUT2D eigenvalue weighted by atomic mass is 16.5. The molecule has 0 atom stereocenters. The largest absolute Gasteiger partial charge is 0.497 e. The minimum Gasteiger partial charge on any atom is -0.497 e. The standard InChI is InChI=1S/C10H14O.C2H6O/c1-8(2)9-5-4-6-10(7-9)11-3;1-3-2/h4-8H,1-3H3;1-2H3. The molecule has 80 valence electrons. The van der Waals surface area contributed by atoms with Crippen LogP contribution < -0.4 is 4.74 Å². The quantitative estimate of drug-likeness (QED) is 0.723. The highest BCUT2D eigenvalue weighted by Gasteiger charge is 1.98. The minimum atomic E-state index is 0.574. The van der Waals surface area contributed by atoms with Gasteiger partial charge in [0.25, 0.3) is 0 Å². The molecule has 0 spiro atoms. The van der Waals surface area contributed by atoms with Crippen molar-refractivity contribution in [1.82, 2.24) is 0 Å². The molecule has 0 unspecified atom stereocenters. The molecule has 0 fully saturated rings. The van der Waals surface area contributed by atoms with Gasteiger partial charge < -0.3 is 9.47 Å². The Hall–Kier alpha value is -1.02. The lowest BCUT2D eigenvalue weighted by atomic mass is 10.0. The molecule has 0 saturated carbocycles. The summed E-state index contributed by atoms with van der Waals surface area (Å²) in [5, 5.41) is 0. The summed E-state index contributed by atoms with van der Waals surface area (Å²) < 4.78 is 9.36. The van der Waals surface area contributed by atoms with E-state index in [-0.39, 0.29) is 0 Å². The maximum absolute atomic E-state index is 5.11. The lowest BCUT2D eigenvalue weighted by molar-refractivity contribution is 0.277. The summed E-state index contributed by atoms with van der Waals surface area (Å²) in [6.45, 7) is 4.35. The van der Waals surface area contributed by atoms with E-state index in [0.717, 1.165) is 5.75 Å². The minimum absolute atomic E-state index is 0.574. The van der Waals surface area contributed by atoms with E-state index >= 15 is 0 Å². The first-order chi connectivity index (χ1) is 6.65. The second-order valence-corrected chi connectivity index (χ2v) is 3.34. The van der Waals surface area contributed by atoms with E-state index in [1.807, 2.05) is 12.1 Å². The molecule has 0 heterocycles. The Balaban J connectivity index is 0.000000500. The van der Waals surface area contributed by atoms with Crippen molar-refractivity contribution >= 4 is 0 Å². The van der Waals surface area contributed by atoms with E-state index in [4.69, 9.17) is 4.74 Å². The number of rotatable bonds is 2. The van der Waals surface area contributed by atoms with E-state index in [2.05, 4.69) is 30.7 Å². The van der Waals surface area contributed by atoms with E-state index < -0.39 is 0 Å². The smallest absolute Gasteiger partial charge is 0.119 e. The van der Waals surface area contributed by atoms with Gasteiger partial charge in [-0.1, -0.05) is 26.0 Å². The molecule has 1 aromatic carbocycles. The van der Waals surface area contributed by atoms with Crippen molar-refractivity contribution in [1.29, 1.82) is 0 Å². The first kappa shape index (κ1) is 13.0. The molecular formula is C12H20O2. The van der Waals surface area contributed by atoms with Crippen molar-refractivity contribution in [2.75, 3.05) is 21.3 Å². The Kier molecular flexibility index (Phi) is 6.85. The van der Waals surface area contributed by atoms with Gasteiger partial charge in [0.2, 0.25) is 0 Å². The number of hydrogen-bond donors (Lipinski definition) is 0. The fourth-order valence-corrected chi connectivity index (χ4v) is 1.00. The van der Waals surface area contributed by atoms with Crippen LogP contribution in [0.15, 0.2) is 24.3 Å². The van der Waals surface area contributed by atoms with Crippen LogP contribution in [0.5, 0.6) is 5.75 Å². The Morgan fingerprint density at radius 2 is 1.64 bits per heavy atom. The number of ether oxygens (including phenoxy) is 2. The average Bonchev–Trinajstić information content (AvgIpc) is 2.19.